The van der Waals surface area contributed by atoms with Gasteiger partial charge in [-0.2, -0.15) is 0 Å². The van der Waals surface area contributed by atoms with Crippen molar-refractivity contribution in [1.29, 1.82) is 0 Å². The van der Waals surface area contributed by atoms with E-state index >= 15 is 0 Å². The molecule has 0 spiro atoms. The lowest BCUT2D eigenvalue weighted by atomic mass is 10.1. The zero-order valence-electron chi connectivity index (χ0n) is 12.6. The summed E-state index contributed by atoms with van der Waals surface area (Å²) < 4.78 is 0. The van der Waals surface area contributed by atoms with E-state index in [1.807, 2.05) is 32.0 Å². The third-order valence-electron chi connectivity index (χ3n) is 3.59. The summed E-state index contributed by atoms with van der Waals surface area (Å²) >= 11 is 0. The Bertz CT molecular complexity index is 608. The van der Waals surface area contributed by atoms with Crippen LogP contribution in [0.5, 0.6) is 0 Å². The molecule has 3 nitrogen and oxygen atoms in total. The monoisotopic (exact) mass is 270 g/mol. The van der Waals surface area contributed by atoms with Crippen molar-refractivity contribution in [3.8, 4) is 0 Å². The minimum atomic E-state index is 0.0107. The Morgan fingerprint density at radius 3 is 2.40 bits per heavy atom. The van der Waals surface area contributed by atoms with Crippen molar-refractivity contribution in [1.82, 2.24) is 4.98 Å². The summed E-state index contributed by atoms with van der Waals surface area (Å²) in [5.41, 5.74) is 5.31. The van der Waals surface area contributed by atoms with E-state index < -0.39 is 0 Å². The second kappa shape index (κ2) is 6.06. The van der Waals surface area contributed by atoms with E-state index in [9.17, 15) is 5.11 Å². The molecule has 0 aliphatic rings. The van der Waals surface area contributed by atoms with E-state index in [0.717, 1.165) is 34.9 Å². The number of hydrogen-bond donors (Lipinski definition) is 1. The summed E-state index contributed by atoms with van der Waals surface area (Å²) in [5, 5.41) is 9.68. The van der Waals surface area contributed by atoms with Crippen molar-refractivity contribution in [3.05, 3.63) is 52.7 Å². The molecule has 1 aromatic heterocycles. The number of aliphatic hydroxyl groups excluding tert-OH is 1. The Hall–Kier alpha value is -1.87. The van der Waals surface area contributed by atoms with Crippen LogP contribution in [0.1, 0.15) is 29.3 Å². The first-order valence-corrected chi connectivity index (χ1v) is 6.99. The van der Waals surface area contributed by atoms with E-state index in [1.54, 1.807) is 0 Å². The molecule has 2 rings (SSSR count). The second-order valence-electron chi connectivity index (χ2n) is 5.07. The molecular weight excluding hydrogens is 248 g/mol. The van der Waals surface area contributed by atoms with Gasteiger partial charge in [0.05, 0.1) is 6.61 Å². The van der Waals surface area contributed by atoms with E-state index in [2.05, 4.69) is 35.9 Å². The van der Waals surface area contributed by atoms with Crippen molar-refractivity contribution in [2.75, 3.05) is 11.4 Å². The summed E-state index contributed by atoms with van der Waals surface area (Å²) in [7, 11) is 0. The summed E-state index contributed by atoms with van der Waals surface area (Å²) in [4.78, 5) is 6.83. The average Bonchev–Trinajstić information content (AvgIpc) is 2.41. The van der Waals surface area contributed by atoms with Crippen LogP contribution in [0.2, 0.25) is 0 Å². The molecule has 3 heteroatoms. The predicted molar refractivity (Wildman–Crippen MR) is 83.5 cm³/mol. The molecule has 0 aliphatic carbocycles. The van der Waals surface area contributed by atoms with Crippen molar-refractivity contribution in [3.63, 3.8) is 0 Å². The van der Waals surface area contributed by atoms with E-state index in [-0.39, 0.29) is 6.61 Å². The maximum absolute atomic E-state index is 9.68. The largest absolute Gasteiger partial charge is 0.392 e. The summed E-state index contributed by atoms with van der Waals surface area (Å²) in [6.07, 6.45) is 0. The maximum Gasteiger partial charge on any atom is 0.139 e. The third-order valence-corrected chi connectivity index (χ3v) is 3.59. The number of pyridine rings is 1. The van der Waals surface area contributed by atoms with Crippen LogP contribution in [0, 0.1) is 20.8 Å². The molecule has 1 aromatic carbocycles. The Labute approximate surface area is 120 Å². The number of benzene rings is 1. The highest BCUT2D eigenvalue weighted by molar-refractivity contribution is 5.67. The van der Waals surface area contributed by atoms with Crippen molar-refractivity contribution in [2.45, 2.75) is 34.3 Å². The molecular formula is C17H22N2O. The first kappa shape index (κ1) is 14.5. The van der Waals surface area contributed by atoms with Crippen molar-refractivity contribution >= 4 is 11.5 Å². The second-order valence-corrected chi connectivity index (χ2v) is 5.07. The molecule has 1 N–H and O–H groups in total. The van der Waals surface area contributed by atoms with Crippen molar-refractivity contribution in [2.24, 2.45) is 0 Å². The average molecular weight is 270 g/mol. The van der Waals surface area contributed by atoms with E-state index in [4.69, 9.17) is 0 Å². The first-order chi connectivity index (χ1) is 9.58. The number of para-hydroxylation sites is 1. The van der Waals surface area contributed by atoms with Crippen LogP contribution in [-0.4, -0.2) is 16.6 Å². The lowest BCUT2D eigenvalue weighted by molar-refractivity contribution is 0.281. The van der Waals surface area contributed by atoms with Crippen LogP contribution >= 0.6 is 0 Å². The standard InChI is InChI=1S/C17H22N2O/c1-5-19(16-9-7-6-8-12(16)2)17-15(11-20)13(3)10-14(4)18-17/h6-10,20H,5,11H2,1-4H3. The van der Waals surface area contributed by atoms with Crippen LogP contribution in [0.4, 0.5) is 11.5 Å². The molecule has 2 aromatic rings. The molecule has 0 fully saturated rings. The molecule has 0 amide bonds. The number of aliphatic hydroxyl groups is 1. The lowest BCUT2D eigenvalue weighted by Gasteiger charge is -2.27. The molecule has 0 atom stereocenters. The van der Waals surface area contributed by atoms with Crippen LogP contribution in [-0.2, 0) is 6.61 Å². The van der Waals surface area contributed by atoms with Gasteiger partial charge in [0, 0.05) is 23.5 Å². The highest BCUT2D eigenvalue weighted by Crippen LogP contribution is 2.31. The molecule has 0 saturated heterocycles. The molecule has 1 heterocycles. The van der Waals surface area contributed by atoms with Gasteiger partial charge in [0.2, 0.25) is 0 Å². The summed E-state index contributed by atoms with van der Waals surface area (Å²) in [6, 6.07) is 10.3. The Morgan fingerprint density at radius 2 is 1.80 bits per heavy atom. The number of anilines is 2. The third kappa shape index (κ3) is 2.68. The molecule has 0 unspecified atom stereocenters. The predicted octanol–water partition coefficient (Wildman–Crippen LogP) is 3.66. The van der Waals surface area contributed by atoms with Crippen LogP contribution in [0.3, 0.4) is 0 Å². The fourth-order valence-electron chi connectivity index (χ4n) is 2.56. The quantitative estimate of drug-likeness (QED) is 0.921. The van der Waals surface area contributed by atoms with Gasteiger partial charge in [0.15, 0.2) is 0 Å². The SMILES string of the molecule is CCN(c1ccccc1C)c1nc(C)cc(C)c1CO. The van der Waals surface area contributed by atoms with Gasteiger partial charge in [-0.25, -0.2) is 4.98 Å². The number of nitrogens with zero attached hydrogens (tertiary/aromatic N) is 2. The maximum atomic E-state index is 9.68. The molecule has 0 aliphatic heterocycles. The van der Waals surface area contributed by atoms with Crippen LogP contribution in [0.25, 0.3) is 0 Å². The normalized spacial score (nSPS) is 10.7. The minimum absolute atomic E-state index is 0.0107. The zero-order chi connectivity index (χ0) is 14.7. The highest BCUT2D eigenvalue weighted by atomic mass is 16.3. The fourth-order valence-corrected chi connectivity index (χ4v) is 2.56. The molecule has 20 heavy (non-hydrogen) atoms. The first-order valence-electron chi connectivity index (χ1n) is 6.99. The van der Waals surface area contributed by atoms with E-state index in [1.165, 1.54) is 5.56 Å². The Kier molecular flexibility index (Phi) is 4.40. The van der Waals surface area contributed by atoms with Gasteiger partial charge in [-0.1, -0.05) is 18.2 Å². The van der Waals surface area contributed by atoms with Crippen LogP contribution in [0.15, 0.2) is 30.3 Å². The summed E-state index contributed by atoms with van der Waals surface area (Å²) in [5.74, 6) is 0.863. The fraction of sp³-hybridized carbons (Fsp3) is 0.353. The summed E-state index contributed by atoms with van der Waals surface area (Å²) in [6.45, 7) is 9.04. The molecule has 0 radical (unpaired) electrons. The van der Waals surface area contributed by atoms with Gasteiger partial charge in [-0.3, -0.25) is 0 Å². The number of rotatable bonds is 4. The smallest absolute Gasteiger partial charge is 0.139 e. The molecule has 106 valence electrons. The molecule has 0 bridgehead atoms. The van der Waals surface area contributed by atoms with Gasteiger partial charge < -0.3 is 10.0 Å². The Morgan fingerprint density at radius 1 is 1.10 bits per heavy atom. The van der Waals surface area contributed by atoms with Gasteiger partial charge in [-0.05, 0) is 51.0 Å². The van der Waals surface area contributed by atoms with Gasteiger partial charge in [0.1, 0.15) is 5.82 Å². The highest BCUT2D eigenvalue weighted by Gasteiger charge is 2.16. The zero-order valence-corrected chi connectivity index (χ0v) is 12.6. The van der Waals surface area contributed by atoms with Crippen molar-refractivity contribution < 1.29 is 5.11 Å². The van der Waals surface area contributed by atoms with E-state index in [0.29, 0.717) is 0 Å². The van der Waals surface area contributed by atoms with Gasteiger partial charge in [-0.15, -0.1) is 0 Å². The van der Waals surface area contributed by atoms with Crippen LogP contribution < -0.4 is 4.90 Å². The number of hydrogen-bond acceptors (Lipinski definition) is 3. The topological polar surface area (TPSA) is 36.4 Å². The minimum Gasteiger partial charge on any atom is -0.392 e. The lowest BCUT2D eigenvalue weighted by Crippen LogP contribution is -2.21. The number of aromatic nitrogens is 1. The Balaban J connectivity index is 2.61. The van der Waals surface area contributed by atoms with Gasteiger partial charge in [0.25, 0.3) is 0 Å². The number of aryl methyl sites for hydroxylation is 3. The molecule has 0 saturated carbocycles. The van der Waals surface area contributed by atoms with Gasteiger partial charge >= 0.3 is 0 Å².